The van der Waals surface area contributed by atoms with Crippen molar-refractivity contribution in [3.8, 4) is 0 Å². The lowest BCUT2D eigenvalue weighted by molar-refractivity contribution is -0.0260. The van der Waals surface area contributed by atoms with Crippen LogP contribution >= 0.6 is 48.0 Å². The van der Waals surface area contributed by atoms with E-state index in [0.29, 0.717) is 16.6 Å². The van der Waals surface area contributed by atoms with E-state index < -0.39 is 0 Å². The van der Waals surface area contributed by atoms with E-state index in [1.54, 1.807) is 0 Å². The second-order valence-electron chi connectivity index (χ2n) is 4.21. The van der Waals surface area contributed by atoms with Crippen LogP contribution in [0.1, 0.15) is 5.56 Å². The van der Waals surface area contributed by atoms with E-state index in [-0.39, 0.29) is 30.9 Å². The SMILES string of the molecule is Cl.Cl.NC[C@H]1CN(Cc2ccc(Cl)c(Cl)c2)CCO1. The van der Waals surface area contributed by atoms with Gasteiger partial charge < -0.3 is 10.5 Å². The van der Waals surface area contributed by atoms with Gasteiger partial charge in [-0.15, -0.1) is 24.8 Å². The highest BCUT2D eigenvalue weighted by Crippen LogP contribution is 2.23. The number of benzene rings is 1. The molecule has 1 fully saturated rings. The van der Waals surface area contributed by atoms with E-state index in [0.717, 1.165) is 31.8 Å². The van der Waals surface area contributed by atoms with Crippen molar-refractivity contribution in [1.29, 1.82) is 0 Å². The van der Waals surface area contributed by atoms with Gasteiger partial charge in [0.1, 0.15) is 0 Å². The monoisotopic (exact) mass is 346 g/mol. The molecule has 1 aromatic carbocycles. The van der Waals surface area contributed by atoms with Gasteiger partial charge >= 0.3 is 0 Å². The number of nitrogens with zero attached hydrogens (tertiary/aromatic N) is 1. The Balaban J connectivity index is 0.00000162. The van der Waals surface area contributed by atoms with Crippen molar-refractivity contribution >= 4 is 48.0 Å². The molecule has 1 heterocycles. The minimum atomic E-state index is 0. The summed E-state index contributed by atoms with van der Waals surface area (Å²) in [5.41, 5.74) is 6.78. The molecule has 0 radical (unpaired) electrons. The maximum absolute atomic E-state index is 5.99. The Morgan fingerprint density at radius 1 is 1.26 bits per heavy atom. The number of rotatable bonds is 3. The van der Waals surface area contributed by atoms with Crippen molar-refractivity contribution in [2.75, 3.05) is 26.2 Å². The first kappa shape index (κ1) is 19.3. The van der Waals surface area contributed by atoms with Gasteiger partial charge in [-0.1, -0.05) is 29.3 Å². The molecule has 1 atom stereocenters. The molecule has 0 unspecified atom stereocenters. The lowest BCUT2D eigenvalue weighted by Crippen LogP contribution is -2.45. The summed E-state index contributed by atoms with van der Waals surface area (Å²) in [5, 5.41) is 1.20. The predicted octanol–water partition coefficient (Wildman–Crippen LogP) is 3.00. The van der Waals surface area contributed by atoms with Gasteiger partial charge in [0.2, 0.25) is 0 Å². The van der Waals surface area contributed by atoms with Crippen LogP contribution in [0.25, 0.3) is 0 Å². The fourth-order valence-corrected chi connectivity index (χ4v) is 2.28. The number of nitrogens with two attached hydrogens (primary N) is 1. The van der Waals surface area contributed by atoms with Gasteiger partial charge in [-0.05, 0) is 17.7 Å². The van der Waals surface area contributed by atoms with Crippen LogP contribution in [0.4, 0.5) is 0 Å². The Kier molecular flexibility index (Phi) is 9.37. The molecule has 2 N–H and O–H groups in total. The third-order valence-corrected chi connectivity index (χ3v) is 3.62. The number of ether oxygens (including phenoxy) is 1. The van der Waals surface area contributed by atoms with Gasteiger partial charge in [0.15, 0.2) is 0 Å². The summed E-state index contributed by atoms with van der Waals surface area (Å²) in [7, 11) is 0. The minimum absolute atomic E-state index is 0. The maximum atomic E-state index is 5.99. The van der Waals surface area contributed by atoms with Crippen LogP contribution in [0, 0.1) is 0 Å². The van der Waals surface area contributed by atoms with Crippen molar-refractivity contribution in [1.82, 2.24) is 4.90 Å². The van der Waals surface area contributed by atoms with Crippen molar-refractivity contribution in [2.24, 2.45) is 5.73 Å². The van der Waals surface area contributed by atoms with E-state index in [9.17, 15) is 0 Å². The molecule has 1 saturated heterocycles. The summed E-state index contributed by atoms with van der Waals surface area (Å²) in [6.45, 7) is 3.96. The molecule has 1 aromatic rings. The Hall–Kier alpha value is 0.260. The van der Waals surface area contributed by atoms with Crippen molar-refractivity contribution in [3.63, 3.8) is 0 Å². The normalized spacial score (nSPS) is 19.4. The summed E-state index contributed by atoms with van der Waals surface area (Å²) >= 11 is 11.9. The number of morpholine rings is 1. The van der Waals surface area contributed by atoms with Gasteiger partial charge in [0.05, 0.1) is 22.8 Å². The number of hydrogen-bond acceptors (Lipinski definition) is 3. The Labute approximate surface area is 136 Å². The van der Waals surface area contributed by atoms with Crippen LogP contribution in [0.2, 0.25) is 10.0 Å². The van der Waals surface area contributed by atoms with E-state index in [1.165, 1.54) is 0 Å². The van der Waals surface area contributed by atoms with Crippen LogP contribution in [0.3, 0.4) is 0 Å². The molecule has 0 spiro atoms. The molecule has 0 amide bonds. The van der Waals surface area contributed by atoms with E-state index >= 15 is 0 Å². The summed E-state index contributed by atoms with van der Waals surface area (Å²) in [5.74, 6) is 0. The van der Waals surface area contributed by atoms with Crippen LogP contribution < -0.4 is 5.73 Å². The Bertz CT molecular complexity index is 392. The highest BCUT2D eigenvalue weighted by atomic mass is 35.5. The van der Waals surface area contributed by atoms with Gasteiger partial charge in [-0.3, -0.25) is 4.90 Å². The smallest absolute Gasteiger partial charge is 0.0824 e. The topological polar surface area (TPSA) is 38.5 Å². The standard InChI is InChI=1S/C12H16Cl2N2O.2ClH/c13-11-2-1-9(5-12(11)14)7-16-3-4-17-10(6-15)8-16;;/h1-2,5,10H,3-4,6-8,15H2;2*1H/t10-;;/m0../s1. The molecule has 0 saturated carbocycles. The van der Waals surface area contributed by atoms with Crippen LogP contribution in [-0.4, -0.2) is 37.2 Å². The Morgan fingerprint density at radius 2 is 2.00 bits per heavy atom. The van der Waals surface area contributed by atoms with Crippen molar-refractivity contribution < 1.29 is 4.74 Å². The molecular weight excluding hydrogens is 330 g/mol. The zero-order valence-electron chi connectivity index (χ0n) is 10.4. The third kappa shape index (κ3) is 5.64. The first-order chi connectivity index (χ1) is 8.19. The zero-order valence-corrected chi connectivity index (χ0v) is 13.5. The van der Waals surface area contributed by atoms with E-state index in [4.69, 9.17) is 33.7 Å². The zero-order chi connectivity index (χ0) is 12.3. The fraction of sp³-hybridized carbons (Fsp3) is 0.500. The van der Waals surface area contributed by atoms with Gasteiger partial charge in [-0.2, -0.15) is 0 Å². The van der Waals surface area contributed by atoms with Crippen molar-refractivity contribution in [2.45, 2.75) is 12.6 Å². The van der Waals surface area contributed by atoms with Crippen LogP contribution in [-0.2, 0) is 11.3 Å². The molecule has 7 heteroatoms. The molecule has 110 valence electrons. The maximum Gasteiger partial charge on any atom is 0.0824 e. The average Bonchev–Trinajstić information content (AvgIpc) is 2.34. The highest BCUT2D eigenvalue weighted by Gasteiger charge is 2.19. The largest absolute Gasteiger partial charge is 0.374 e. The summed E-state index contributed by atoms with van der Waals surface area (Å²) in [6, 6.07) is 5.75. The second kappa shape index (κ2) is 9.24. The fourth-order valence-electron chi connectivity index (χ4n) is 1.96. The van der Waals surface area contributed by atoms with Gasteiger partial charge in [0, 0.05) is 26.2 Å². The molecule has 1 aliphatic rings. The first-order valence-electron chi connectivity index (χ1n) is 5.67. The summed E-state index contributed by atoms with van der Waals surface area (Å²) in [4.78, 5) is 2.32. The molecule has 3 nitrogen and oxygen atoms in total. The van der Waals surface area contributed by atoms with Gasteiger partial charge in [0.25, 0.3) is 0 Å². The third-order valence-electron chi connectivity index (χ3n) is 2.88. The first-order valence-corrected chi connectivity index (χ1v) is 6.42. The summed E-state index contributed by atoms with van der Waals surface area (Å²) < 4.78 is 5.52. The second-order valence-corrected chi connectivity index (χ2v) is 5.03. The van der Waals surface area contributed by atoms with E-state index in [1.807, 2.05) is 18.2 Å². The number of hydrogen-bond donors (Lipinski definition) is 1. The molecule has 1 aliphatic heterocycles. The van der Waals surface area contributed by atoms with Gasteiger partial charge in [-0.25, -0.2) is 0 Å². The molecular formula is C12H18Cl4N2O. The lowest BCUT2D eigenvalue weighted by atomic mass is 10.2. The van der Waals surface area contributed by atoms with Crippen molar-refractivity contribution in [3.05, 3.63) is 33.8 Å². The van der Waals surface area contributed by atoms with Crippen LogP contribution in [0.15, 0.2) is 18.2 Å². The molecule has 19 heavy (non-hydrogen) atoms. The van der Waals surface area contributed by atoms with Crippen LogP contribution in [0.5, 0.6) is 0 Å². The molecule has 0 aliphatic carbocycles. The molecule has 0 aromatic heterocycles. The average molecular weight is 348 g/mol. The summed E-state index contributed by atoms with van der Waals surface area (Å²) in [6.07, 6.45) is 0.145. The highest BCUT2D eigenvalue weighted by molar-refractivity contribution is 6.42. The lowest BCUT2D eigenvalue weighted by Gasteiger charge is -2.32. The minimum Gasteiger partial charge on any atom is -0.374 e. The molecule has 0 bridgehead atoms. The quantitative estimate of drug-likeness (QED) is 0.913. The molecule has 2 rings (SSSR count). The number of halogens is 4. The Morgan fingerprint density at radius 3 is 2.63 bits per heavy atom. The van der Waals surface area contributed by atoms with E-state index in [2.05, 4.69) is 4.90 Å². The predicted molar refractivity (Wildman–Crippen MR) is 85.0 cm³/mol.